The number of benzene rings is 1. The van der Waals surface area contributed by atoms with Crippen LogP contribution in [0.1, 0.15) is 32.4 Å². The van der Waals surface area contributed by atoms with Crippen LogP contribution in [0.5, 0.6) is 0 Å². The van der Waals surface area contributed by atoms with Crippen LogP contribution in [0.3, 0.4) is 0 Å². The highest BCUT2D eigenvalue weighted by molar-refractivity contribution is 6.31. The van der Waals surface area contributed by atoms with Gasteiger partial charge in [-0.15, -0.1) is 0 Å². The van der Waals surface area contributed by atoms with Gasteiger partial charge in [0.1, 0.15) is 5.60 Å². The molecule has 8 heteroatoms. The molecule has 1 aliphatic rings. The van der Waals surface area contributed by atoms with Crippen molar-refractivity contribution >= 4 is 23.4 Å². The number of amides is 1. The van der Waals surface area contributed by atoms with E-state index in [9.17, 15) is 14.9 Å². The number of halogens is 1. The number of nitro groups is 1. The van der Waals surface area contributed by atoms with E-state index in [1.165, 1.54) is 17.0 Å². The zero-order chi connectivity index (χ0) is 17.2. The predicted octanol–water partition coefficient (Wildman–Crippen LogP) is 3.13. The minimum atomic E-state index is -0.640. The van der Waals surface area contributed by atoms with Gasteiger partial charge >= 0.3 is 6.09 Å². The first-order valence-corrected chi connectivity index (χ1v) is 7.71. The number of carbonyl (C=O) groups excluding carboxylic acids is 1. The Hall–Kier alpha value is -1.86. The van der Waals surface area contributed by atoms with Crippen molar-refractivity contribution in [3.63, 3.8) is 0 Å². The van der Waals surface area contributed by atoms with Gasteiger partial charge in [0.05, 0.1) is 21.6 Å². The number of nitrogens with one attached hydrogen (secondary N) is 1. The van der Waals surface area contributed by atoms with E-state index in [2.05, 4.69) is 5.32 Å². The van der Waals surface area contributed by atoms with E-state index in [1.54, 1.807) is 26.8 Å². The van der Waals surface area contributed by atoms with Gasteiger partial charge in [-0.05, 0) is 26.8 Å². The fourth-order valence-electron chi connectivity index (χ4n) is 2.52. The molecule has 1 fully saturated rings. The lowest BCUT2D eigenvalue weighted by molar-refractivity contribution is -0.386. The Kier molecular flexibility index (Phi) is 5.11. The minimum absolute atomic E-state index is 0.0974. The van der Waals surface area contributed by atoms with E-state index in [0.717, 1.165) is 0 Å². The molecule has 1 aromatic carbocycles. The predicted molar refractivity (Wildman–Crippen MR) is 86.7 cm³/mol. The van der Waals surface area contributed by atoms with Gasteiger partial charge in [0.25, 0.3) is 5.69 Å². The minimum Gasteiger partial charge on any atom is -0.444 e. The van der Waals surface area contributed by atoms with E-state index in [-0.39, 0.29) is 10.7 Å². The molecule has 0 aromatic heterocycles. The molecule has 0 aliphatic carbocycles. The summed E-state index contributed by atoms with van der Waals surface area (Å²) in [5, 5.41) is 14.7. The molecule has 0 bridgehead atoms. The number of piperazine rings is 1. The van der Waals surface area contributed by atoms with Gasteiger partial charge in [-0.3, -0.25) is 15.0 Å². The normalized spacial score (nSPS) is 18.6. The van der Waals surface area contributed by atoms with E-state index in [0.29, 0.717) is 25.2 Å². The van der Waals surface area contributed by atoms with Gasteiger partial charge in [0.2, 0.25) is 0 Å². The van der Waals surface area contributed by atoms with Crippen molar-refractivity contribution in [2.24, 2.45) is 0 Å². The molecule has 0 radical (unpaired) electrons. The Morgan fingerprint density at radius 2 is 2.17 bits per heavy atom. The molecular formula is C15H20ClN3O4. The van der Waals surface area contributed by atoms with Crippen molar-refractivity contribution < 1.29 is 14.5 Å². The van der Waals surface area contributed by atoms with Crippen LogP contribution < -0.4 is 5.32 Å². The first-order chi connectivity index (χ1) is 10.7. The molecule has 1 saturated heterocycles. The number of hydrogen-bond acceptors (Lipinski definition) is 5. The number of rotatable bonds is 2. The molecule has 1 amide bonds. The van der Waals surface area contributed by atoms with Crippen LogP contribution in [0, 0.1) is 10.1 Å². The van der Waals surface area contributed by atoms with Gasteiger partial charge < -0.3 is 10.1 Å². The number of carbonyl (C=O) groups is 1. The molecule has 1 aromatic rings. The van der Waals surface area contributed by atoms with Crippen LogP contribution in [-0.4, -0.2) is 41.2 Å². The summed E-state index contributed by atoms with van der Waals surface area (Å²) in [5.74, 6) is 0. The second-order valence-corrected chi connectivity index (χ2v) is 6.73. The van der Waals surface area contributed by atoms with Crippen LogP contribution in [0.2, 0.25) is 5.02 Å². The molecular weight excluding hydrogens is 322 g/mol. The molecule has 7 nitrogen and oxygen atoms in total. The first-order valence-electron chi connectivity index (χ1n) is 7.34. The summed E-state index contributed by atoms with van der Waals surface area (Å²) in [6, 6.07) is 3.96. The monoisotopic (exact) mass is 341 g/mol. The average molecular weight is 342 g/mol. The van der Waals surface area contributed by atoms with Crippen molar-refractivity contribution in [3.05, 3.63) is 38.9 Å². The number of hydrogen-bond donors (Lipinski definition) is 1. The lowest BCUT2D eigenvalue weighted by atomic mass is 10.0. The van der Waals surface area contributed by atoms with E-state index in [1.807, 2.05) is 0 Å². The van der Waals surface area contributed by atoms with Crippen molar-refractivity contribution in [1.29, 1.82) is 0 Å². The third-order valence-electron chi connectivity index (χ3n) is 3.43. The van der Waals surface area contributed by atoms with Crippen molar-refractivity contribution in [2.75, 3.05) is 19.6 Å². The lowest BCUT2D eigenvalue weighted by Gasteiger charge is -2.37. The van der Waals surface area contributed by atoms with Crippen LogP contribution in [0.15, 0.2) is 18.2 Å². The Bertz CT molecular complexity index is 615. The van der Waals surface area contributed by atoms with E-state index >= 15 is 0 Å². The SMILES string of the molecule is CC(C)(C)OC(=O)N1CCNCC1c1c(Cl)cccc1[N+](=O)[O-]. The van der Waals surface area contributed by atoms with Gasteiger partial charge in [-0.1, -0.05) is 17.7 Å². The van der Waals surface area contributed by atoms with Crippen LogP contribution in [0.4, 0.5) is 10.5 Å². The summed E-state index contributed by atoms with van der Waals surface area (Å²) in [5.41, 5.74) is -0.407. The summed E-state index contributed by atoms with van der Waals surface area (Å²) in [4.78, 5) is 24.8. The van der Waals surface area contributed by atoms with Gasteiger partial charge in [-0.25, -0.2) is 4.79 Å². The Morgan fingerprint density at radius 1 is 1.48 bits per heavy atom. The van der Waals surface area contributed by atoms with Crippen molar-refractivity contribution in [1.82, 2.24) is 10.2 Å². The number of nitrogens with zero attached hydrogens (tertiary/aromatic N) is 2. The molecule has 1 atom stereocenters. The largest absolute Gasteiger partial charge is 0.444 e. The van der Waals surface area contributed by atoms with Gasteiger partial charge in [0.15, 0.2) is 0 Å². The fourth-order valence-corrected chi connectivity index (χ4v) is 2.81. The summed E-state index contributed by atoms with van der Waals surface area (Å²) < 4.78 is 5.42. The molecule has 1 N–H and O–H groups in total. The molecule has 1 unspecified atom stereocenters. The van der Waals surface area contributed by atoms with Crippen LogP contribution in [0.25, 0.3) is 0 Å². The zero-order valence-corrected chi connectivity index (χ0v) is 14.1. The molecule has 126 valence electrons. The standard InChI is InChI=1S/C15H20ClN3O4/c1-15(2,3)23-14(20)18-8-7-17-9-12(18)13-10(16)5-4-6-11(13)19(21)22/h4-6,12,17H,7-9H2,1-3H3. The second kappa shape index (κ2) is 6.72. The number of ether oxygens (including phenoxy) is 1. The zero-order valence-electron chi connectivity index (χ0n) is 13.3. The maximum atomic E-state index is 12.5. The van der Waals surface area contributed by atoms with Crippen LogP contribution >= 0.6 is 11.6 Å². The molecule has 0 spiro atoms. The molecule has 2 rings (SSSR count). The van der Waals surface area contributed by atoms with Crippen molar-refractivity contribution in [3.8, 4) is 0 Å². The van der Waals surface area contributed by atoms with Crippen molar-refractivity contribution in [2.45, 2.75) is 32.4 Å². The maximum absolute atomic E-state index is 12.5. The molecule has 23 heavy (non-hydrogen) atoms. The lowest BCUT2D eigenvalue weighted by Crippen LogP contribution is -2.50. The second-order valence-electron chi connectivity index (χ2n) is 6.32. The third-order valence-corrected chi connectivity index (χ3v) is 3.76. The van der Waals surface area contributed by atoms with Crippen LogP contribution in [-0.2, 0) is 4.74 Å². The summed E-state index contributed by atoms with van der Waals surface area (Å²) in [6.45, 7) is 6.69. The molecule has 1 heterocycles. The Balaban J connectivity index is 2.40. The summed E-state index contributed by atoms with van der Waals surface area (Å²) >= 11 is 6.20. The van der Waals surface area contributed by atoms with Gasteiger partial charge in [-0.2, -0.15) is 0 Å². The highest BCUT2D eigenvalue weighted by Crippen LogP contribution is 2.36. The Morgan fingerprint density at radius 3 is 2.78 bits per heavy atom. The fraction of sp³-hybridized carbons (Fsp3) is 0.533. The maximum Gasteiger partial charge on any atom is 0.410 e. The third kappa shape index (κ3) is 4.11. The topological polar surface area (TPSA) is 84.7 Å². The average Bonchev–Trinajstić information content (AvgIpc) is 2.45. The Labute approximate surface area is 139 Å². The highest BCUT2D eigenvalue weighted by atomic mass is 35.5. The molecule has 1 aliphatic heterocycles. The van der Waals surface area contributed by atoms with E-state index < -0.39 is 22.7 Å². The quantitative estimate of drug-likeness (QED) is 0.660. The summed E-state index contributed by atoms with van der Waals surface area (Å²) in [6.07, 6.45) is -0.502. The number of nitro benzene ring substituents is 1. The first kappa shape index (κ1) is 17.5. The van der Waals surface area contributed by atoms with E-state index in [4.69, 9.17) is 16.3 Å². The smallest absolute Gasteiger partial charge is 0.410 e. The molecule has 0 saturated carbocycles. The summed E-state index contributed by atoms with van der Waals surface area (Å²) in [7, 11) is 0. The van der Waals surface area contributed by atoms with Gasteiger partial charge in [0, 0.05) is 25.7 Å². The highest BCUT2D eigenvalue weighted by Gasteiger charge is 2.36.